The predicted octanol–water partition coefficient (Wildman–Crippen LogP) is 3.04. The van der Waals surface area contributed by atoms with E-state index in [9.17, 15) is 13.2 Å². The lowest BCUT2D eigenvalue weighted by Crippen LogP contribution is -2.26. The molecule has 1 aliphatic rings. The van der Waals surface area contributed by atoms with Gasteiger partial charge in [0.05, 0.1) is 5.75 Å². The lowest BCUT2D eigenvalue weighted by Gasteiger charge is -2.21. The molecule has 1 aromatic carbocycles. The Balaban J connectivity index is 2.26. The zero-order chi connectivity index (χ0) is 15.8. The van der Waals surface area contributed by atoms with Crippen molar-refractivity contribution in [1.29, 1.82) is 0 Å². The van der Waals surface area contributed by atoms with Crippen LogP contribution in [0.15, 0.2) is 18.2 Å². The summed E-state index contributed by atoms with van der Waals surface area (Å²) in [5, 5.41) is 0. The molecule has 1 heterocycles. The predicted molar refractivity (Wildman–Crippen MR) is 85.4 cm³/mol. The summed E-state index contributed by atoms with van der Waals surface area (Å²) in [6, 6.07) is 6.09. The summed E-state index contributed by atoms with van der Waals surface area (Å²) in [4.78, 5) is 13.9. The highest BCUT2D eigenvalue weighted by Crippen LogP contribution is 2.31. The summed E-state index contributed by atoms with van der Waals surface area (Å²) in [7, 11) is 1.72. The highest BCUT2D eigenvalue weighted by Gasteiger charge is 2.33. The molecular formula is C15H20ClNO3S. The van der Waals surface area contributed by atoms with Gasteiger partial charge in [-0.15, -0.1) is 0 Å². The molecule has 116 valence electrons. The van der Waals surface area contributed by atoms with Crippen molar-refractivity contribution in [2.75, 3.05) is 17.2 Å². The fraction of sp³-hybridized carbons (Fsp3) is 0.533. The number of carbonyl (C=O) groups excluding carboxylic acids is 1. The topological polar surface area (TPSA) is 54.5 Å². The number of benzene rings is 1. The Morgan fingerprint density at radius 3 is 2.62 bits per heavy atom. The maximum atomic E-state index is 12.2. The minimum Gasteiger partial charge on any atom is -0.312 e. The van der Waals surface area contributed by atoms with Crippen LogP contribution in [0.3, 0.4) is 0 Å². The highest BCUT2D eigenvalue weighted by atomic mass is 35.7. The standard InChI is InChI=1S/C15H20ClNO3S/c1-10(2)13-5-4-11(3)14(7-13)17-8-12(6-15(17)18)9-21(16,19)20/h4-5,7,10,12H,6,8-9H2,1-3H3. The summed E-state index contributed by atoms with van der Waals surface area (Å²) >= 11 is 0. The molecular weight excluding hydrogens is 310 g/mol. The number of anilines is 1. The van der Waals surface area contributed by atoms with Gasteiger partial charge in [0.25, 0.3) is 0 Å². The van der Waals surface area contributed by atoms with E-state index < -0.39 is 9.05 Å². The van der Waals surface area contributed by atoms with Crippen molar-refractivity contribution in [2.45, 2.75) is 33.1 Å². The molecule has 1 aliphatic heterocycles. The number of nitrogens with zero attached hydrogens (tertiary/aromatic N) is 1. The number of aryl methyl sites for hydroxylation is 1. The SMILES string of the molecule is Cc1ccc(C(C)C)cc1N1CC(CS(=O)(=O)Cl)CC1=O. The number of hydrogen-bond acceptors (Lipinski definition) is 3. The third-order valence-electron chi connectivity index (χ3n) is 3.83. The number of carbonyl (C=O) groups is 1. The first-order valence-electron chi connectivity index (χ1n) is 7.00. The summed E-state index contributed by atoms with van der Waals surface area (Å²) in [6.07, 6.45) is 0.233. The van der Waals surface area contributed by atoms with E-state index in [1.807, 2.05) is 19.1 Å². The Kier molecular flexibility index (Phi) is 4.63. The molecule has 0 N–H and O–H groups in total. The summed E-state index contributed by atoms with van der Waals surface area (Å²) in [5.41, 5.74) is 3.06. The van der Waals surface area contributed by atoms with Crippen LogP contribution < -0.4 is 4.90 Å². The van der Waals surface area contributed by atoms with Crippen LogP contribution in [0.4, 0.5) is 5.69 Å². The average molecular weight is 330 g/mol. The lowest BCUT2D eigenvalue weighted by molar-refractivity contribution is -0.117. The van der Waals surface area contributed by atoms with Gasteiger partial charge in [-0.25, -0.2) is 8.42 Å². The second kappa shape index (κ2) is 5.97. The molecule has 1 aromatic rings. The minimum absolute atomic E-state index is 0.0377. The molecule has 21 heavy (non-hydrogen) atoms. The fourth-order valence-corrected chi connectivity index (χ4v) is 4.00. The Bertz CT molecular complexity index is 655. The van der Waals surface area contributed by atoms with Crippen LogP contribution in [0.25, 0.3) is 0 Å². The second-order valence-electron chi connectivity index (χ2n) is 5.98. The third kappa shape index (κ3) is 3.98. The molecule has 1 saturated heterocycles. The number of amides is 1. The Hall–Kier alpha value is -1.07. The second-order valence-corrected chi connectivity index (χ2v) is 8.80. The minimum atomic E-state index is -3.57. The van der Waals surface area contributed by atoms with Crippen LogP contribution in [0.5, 0.6) is 0 Å². The van der Waals surface area contributed by atoms with Crippen molar-refractivity contribution in [1.82, 2.24) is 0 Å². The zero-order valence-electron chi connectivity index (χ0n) is 12.5. The molecule has 0 saturated carbocycles. The van der Waals surface area contributed by atoms with Gasteiger partial charge in [0.2, 0.25) is 15.0 Å². The van der Waals surface area contributed by atoms with E-state index in [-0.39, 0.29) is 24.0 Å². The van der Waals surface area contributed by atoms with E-state index in [4.69, 9.17) is 10.7 Å². The summed E-state index contributed by atoms with van der Waals surface area (Å²) in [5.74, 6) is -0.0489. The molecule has 1 fully saturated rings. The van der Waals surface area contributed by atoms with Crippen LogP contribution in [0, 0.1) is 12.8 Å². The Morgan fingerprint density at radius 2 is 2.05 bits per heavy atom. The van der Waals surface area contributed by atoms with Crippen LogP contribution in [0.2, 0.25) is 0 Å². The Morgan fingerprint density at radius 1 is 1.38 bits per heavy atom. The number of hydrogen-bond donors (Lipinski definition) is 0. The molecule has 2 rings (SSSR count). The molecule has 1 atom stereocenters. The fourth-order valence-electron chi connectivity index (χ4n) is 2.68. The normalized spacial score (nSPS) is 19.6. The van der Waals surface area contributed by atoms with Crippen molar-refractivity contribution in [2.24, 2.45) is 5.92 Å². The Labute approximate surface area is 130 Å². The lowest BCUT2D eigenvalue weighted by atomic mass is 10.0. The van der Waals surface area contributed by atoms with E-state index >= 15 is 0 Å². The highest BCUT2D eigenvalue weighted by molar-refractivity contribution is 8.13. The molecule has 0 aromatic heterocycles. The van der Waals surface area contributed by atoms with E-state index in [0.717, 1.165) is 16.8 Å². The quantitative estimate of drug-likeness (QED) is 0.798. The van der Waals surface area contributed by atoms with E-state index in [1.165, 1.54) is 0 Å². The van der Waals surface area contributed by atoms with Crippen molar-refractivity contribution in [3.8, 4) is 0 Å². The molecule has 0 spiro atoms. The number of rotatable bonds is 4. The van der Waals surface area contributed by atoms with Gasteiger partial charge >= 0.3 is 0 Å². The molecule has 1 unspecified atom stereocenters. The first-order valence-corrected chi connectivity index (χ1v) is 9.48. The molecule has 6 heteroatoms. The van der Waals surface area contributed by atoms with Crippen LogP contribution >= 0.6 is 10.7 Å². The maximum absolute atomic E-state index is 12.2. The van der Waals surface area contributed by atoms with Gasteiger partial charge < -0.3 is 4.90 Å². The zero-order valence-corrected chi connectivity index (χ0v) is 14.0. The van der Waals surface area contributed by atoms with E-state index in [2.05, 4.69) is 19.9 Å². The van der Waals surface area contributed by atoms with Crippen molar-refractivity contribution in [3.05, 3.63) is 29.3 Å². The van der Waals surface area contributed by atoms with Gasteiger partial charge in [-0.1, -0.05) is 26.0 Å². The molecule has 4 nitrogen and oxygen atoms in total. The third-order valence-corrected chi connectivity index (χ3v) is 5.08. The molecule has 1 amide bonds. The molecule has 0 aliphatic carbocycles. The smallest absolute Gasteiger partial charge is 0.232 e. The molecule has 0 radical (unpaired) electrons. The first-order chi connectivity index (χ1) is 9.67. The maximum Gasteiger partial charge on any atom is 0.232 e. The largest absolute Gasteiger partial charge is 0.312 e. The first kappa shape index (κ1) is 16.3. The van der Waals surface area contributed by atoms with Crippen LogP contribution in [-0.2, 0) is 13.8 Å². The van der Waals surface area contributed by atoms with Gasteiger partial charge in [-0.3, -0.25) is 4.79 Å². The van der Waals surface area contributed by atoms with Gasteiger partial charge in [-0.2, -0.15) is 0 Å². The van der Waals surface area contributed by atoms with Gasteiger partial charge in [-0.05, 0) is 30.0 Å². The monoisotopic (exact) mass is 329 g/mol. The summed E-state index contributed by atoms with van der Waals surface area (Å²) in [6.45, 7) is 6.57. The average Bonchev–Trinajstić information content (AvgIpc) is 2.67. The van der Waals surface area contributed by atoms with E-state index in [1.54, 1.807) is 4.90 Å². The van der Waals surface area contributed by atoms with Gasteiger partial charge in [0, 0.05) is 35.3 Å². The van der Waals surface area contributed by atoms with Crippen molar-refractivity contribution in [3.63, 3.8) is 0 Å². The van der Waals surface area contributed by atoms with Gasteiger partial charge in [0.15, 0.2) is 0 Å². The van der Waals surface area contributed by atoms with Crippen LogP contribution in [-0.4, -0.2) is 26.6 Å². The number of halogens is 1. The van der Waals surface area contributed by atoms with Crippen molar-refractivity contribution < 1.29 is 13.2 Å². The summed E-state index contributed by atoms with van der Waals surface area (Å²) < 4.78 is 22.4. The van der Waals surface area contributed by atoms with E-state index in [0.29, 0.717) is 12.5 Å². The van der Waals surface area contributed by atoms with Gasteiger partial charge in [0.1, 0.15) is 0 Å². The molecule has 0 bridgehead atoms. The van der Waals surface area contributed by atoms with Crippen molar-refractivity contribution >= 4 is 31.3 Å². The van der Waals surface area contributed by atoms with Crippen LogP contribution in [0.1, 0.15) is 37.3 Å².